The van der Waals surface area contributed by atoms with Crippen molar-refractivity contribution in [2.45, 2.75) is 6.42 Å². The van der Waals surface area contributed by atoms with Gasteiger partial charge in [-0.15, -0.1) is 0 Å². The van der Waals surface area contributed by atoms with Crippen LogP contribution in [0.25, 0.3) is 0 Å². The predicted molar refractivity (Wildman–Crippen MR) is 116 cm³/mol. The van der Waals surface area contributed by atoms with E-state index in [9.17, 15) is 14.4 Å². The number of anilines is 3. The summed E-state index contributed by atoms with van der Waals surface area (Å²) in [6, 6.07) is 17.4. The van der Waals surface area contributed by atoms with Crippen molar-refractivity contribution in [3.63, 3.8) is 0 Å². The van der Waals surface area contributed by atoms with Gasteiger partial charge in [-0.1, -0.05) is 15.9 Å². The summed E-state index contributed by atoms with van der Waals surface area (Å²) in [5, 5.41) is 5.55. The van der Waals surface area contributed by atoms with Gasteiger partial charge in [-0.3, -0.25) is 14.4 Å². The van der Waals surface area contributed by atoms with E-state index in [1.165, 1.54) is 6.26 Å². The molecule has 1 atom stereocenters. The largest absolute Gasteiger partial charge is 0.459 e. The number of carbonyl (C=O) groups is 3. The van der Waals surface area contributed by atoms with E-state index < -0.39 is 5.92 Å². The number of amides is 3. The van der Waals surface area contributed by atoms with E-state index in [-0.39, 0.29) is 29.9 Å². The van der Waals surface area contributed by atoms with Crippen LogP contribution in [0.4, 0.5) is 17.1 Å². The molecule has 2 aromatic carbocycles. The molecule has 3 aromatic rings. The summed E-state index contributed by atoms with van der Waals surface area (Å²) >= 11 is 3.37. The highest BCUT2D eigenvalue weighted by Gasteiger charge is 2.35. The maximum Gasteiger partial charge on any atom is 0.291 e. The van der Waals surface area contributed by atoms with Crippen LogP contribution in [-0.2, 0) is 9.59 Å². The molecule has 2 N–H and O–H groups in total. The molecule has 1 aromatic heterocycles. The first-order valence-corrected chi connectivity index (χ1v) is 10.1. The zero-order chi connectivity index (χ0) is 21.1. The minimum Gasteiger partial charge on any atom is -0.459 e. The summed E-state index contributed by atoms with van der Waals surface area (Å²) in [5.74, 6) is -0.855. The smallest absolute Gasteiger partial charge is 0.291 e. The Kier molecular flexibility index (Phi) is 5.67. The van der Waals surface area contributed by atoms with Crippen molar-refractivity contribution in [2.24, 2.45) is 5.92 Å². The zero-order valence-corrected chi connectivity index (χ0v) is 17.4. The number of nitrogens with zero attached hydrogens (tertiary/aromatic N) is 1. The molecule has 0 spiro atoms. The van der Waals surface area contributed by atoms with Gasteiger partial charge in [-0.05, 0) is 60.7 Å². The number of halogens is 1. The SMILES string of the molecule is O=C(Nc1ccc(NC(=O)C2CC(=O)N(c3ccc(Br)cc3)C2)cc1)c1ccco1. The predicted octanol–water partition coefficient (Wildman–Crippen LogP) is 4.29. The summed E-state index contributed by atoms with van der Waals surface area (Å²) in [7, 11) is 0. The molecule has 1 fully saturated rings. The summed E-state index contributed by atoms with van der Waals surface area (Å²) < 4.78 is 5.98. The van der Waals surface area contributed by atoms with Crippen molar-refractivity contribution < 1.29 is 18.8 Å². The van der Waals surface area contributed by atoms with Crippen molar-refractivity contribution >= 4 is 50.7 Å². The molecule has 1 unspecified atom stereocenters. The first-order chi connectivity index (χ1) is 14.5. The van der Waals surface area contributed by atoms with Gasteiger partial charge in [-0.2, -0.15) is 0 Å². The Morgan fingerprint density at radius 3 is 2.27 bits per heavy atom. The Morgan fingerprint density at radius 2 is 1.63 bits per heavy atom. The van der Waals surface area contributed by atoms with Crippen LogP contribution < -0.4 is 15.5 Å². The number of benzene rings is 2. The molecular weight excluding hydrogens is 450 g/mol. The van der Waals surface area contributed by atoms with E-state index in [0.717, 1.165) is 10.2 Å². The first kappa shape index (κ1) is 19.9. The highest BCUT2D eigenvalue weighted by Crippen LogP contribution is 2.27. The van der Waals surface area contributed by atoms with Crippen LogP contribution in [0.2, 0.25) is 0 Å². The van der Waals surface area contributed by atoms with Crippen molar-refractivity contribution in [2.75, 3.05) is 22.1 Å². The van der Waals surface area contributed by atoms with E-state index in [0.29, 0.717) is 17.9 Å². The van der Waals surface area contributed by atoms with Crippen molar-refractivity contribution in [3.8, 4) is 0 Å². The van der Waals surface area contributed by atoms with Crippen LogP contribution in [0.5, 0.6) is 0 Å². The second kappa shape index (κ2) is 8.54. The second-order valence-electron chi connectivity index (χ2n) is 6.88. The van der Waals surface area contributed by atoms with Crippen molar-refractivity contribution in [1.29, 1.82) is 0 Å². The van der Waals surface area contributed by atoms with E-state index in [4.69, 9.17) is 4.42 Å². The number of rotatable bonds is 5. The lowest BCUT2D eigenvalue weighted by molar-refractivity contribution is -0.122. The van der Waals surface area contributed by atoms with E-state index >= 15 is 0 Å². The minimum absolute atomic E-state index is 0.0755. The highest BCUT2D eigenvalue weighted by molar-refractivity contribution is 9.10. The monoisotopic (exact) mass is 467 g/mol. The van der Waals surface area contributed by atoms with Gasteiger partial charge in [0.2, 0.25) is 11.8 Å². The molecule has 0 radical (unpaired) electrons. The van der Waals surface area contributed by atoms with Crippen LogP contribution in [0.3, 0.4) is 0 Å². The highest BCUT2D eigenvalue weighted by atomic mass is 79.9. The maximum absolute atomic E-state index is 12.6. The van der Waals surface area contributed by atoms with Crippen LogP contribution in [0.1, 0.15) is 17.0 Å². The van der Waals surface area contributed by atoms with Crippen LogP contribution in [-0.4, -0.2) is 24.3 Å². The molecule has 1 aliphatic heterocycles. The fourth-order valence-electron chi connectivity index (χ4n) is 3.24. The molecule has 8 heteroatoms. The molecule has 1 aliphatic rings. The number of carbonyl (C=O) groups excluding carboxylic acids is 3. The maximum atomic E-state index is 12.6. The van der Waals surface area contributed by atoms with Gasteiger partial charge < -0.3 is 20.0 Å². The third-order valence-electron chi connectivity index (χ3n) is 4.79. The van der Waals surface area contributed by atoms with Gasteiger partial charge in [0, 0.05) is 34.5 Å². The van der Waals surface area contributed by atoms with Gasteiger partial charge in [0.25, 0.3) is 5.91 Å². The molecule has 1 saturated heterocycles. The zero-order valence-electron chi connectivity index (χ0n) is 15.8. The minimum atomic E-state index is -0.431. The molecule has 0 aliphatic carbocycles. The molecule has 4 rings (SSSR count). The van der Waals surface area contributed by atoms with Gasteiger partial charge in [0.1, 0.15) is 0 Å². The first-order valence-electron chi connectivity index (χ1n) is 9.31. The van der Waals surface area contributed by atoms with Crippen LogP contribution in [0.15, 0.2) is 75.8 Å². The molecule has 3 amide bonds. The molecule has 0 saturated carbocycles. The van der Waals surface area contributed by atoms with E-state index in [2.05, 4.69) is 26.6 Å². The van der Waals surface area contributed by atoms with Crippen molar-refractivity contribution in [3.05, 3.63) is 77.2 Å². The number of furan rings is 1. The van der Waals surface area contributed by atoms with Gasteiger partial charge in [0.05, 0.1) is 12.2 Å². The number of nitrogens with one attached hydrogen (secondary N) is 2. The third kappa shape index (κ3) is 4.44. The standard InChI is InChI=1S/C22H18BrN3O4/c23-15-3-9-18(10-4-15)26-13-14(12-20(26)27)21(28)24-16-5-7-17(8-6-16)25-22(29)19-2-1-11-30-19/h1-11,14H,12-13H2,(H,24,28)(H,25,29). The fraction of sp³-hybridized carbons (Fsp3) is 0.136. The Hall–Kier alpha value is -3.39. The lowest BCUT2D eigenvalue weighted by atomic mass is 10.1. The Morgan fingerprint density at radius 1 is 0.967 bits per heavy atom. The quantitative estimate of drug-likeness (QED) is 0.585. The molecule has 152 valence electrons. The average Bonchev–Trinajstić information content (AvgIpc) is 3.40. The topological polar surface area (TPSA) is 91.7 Å². The average molecular weight is 468 g/mol. The van der Waals surface area contributed by atoms with Crippen LogP contribution in [0, 0.1) is 5.92 Å². The molecule has 7 nitrogen and oxygen atoms in total. The summed E-state index contributed by atoms with van der Waals surface area (Å²) in [4.78, 5) is 38.6. The van der Waals surface area contributed by atoms with E-state index in [1.807, 2.05) is 24.3 Å². The summed E-state index contributed by atoms with van der Waals surface area (Å²) in [6.07, 6.45) is 1.60. The third-order valence-corrected chi connectivity index (χ3v) is 5.32. The Bertz CT molecular complexity index is 1060. The Labute approximate surface area is 181 Å². The summed E-state index contributed by atoms with van der Waals surface area (Å²) in [6.45, 7) is 0.337. The molecular formula is C22H18BrN3O4. The number of hydrogen-bond acceptors (Lipinski definition) is 4. The Balaban J connectivity index is 1.35. The lowest BCUT2D eigenvalue weighted by Crippen LogP contribution is -2.28. The molecule has 2 heterocycles. The second-order valence-corrected chi connectivity index (χ2v) is 7.80. The van der Waals surface area contributed by atoms with E-state index in [1.54, 1.807) is 41.3 Å². The van der Waals surface area contributed by atoms with Gasteiger partial charge >= 0.3 is 0 Å². The van der Waals surface area contributed by atoms with Crippen molar-refractivity contribution in [1.82, 2.24) is 0 Å². The lowest BCUT2D eigenvalue weighted by Gasteiger charge is -2.17. The molecule has 0 bridgehead atoms. The van der Waals surface area contributed by atoms with Gasteiger partial charge in [-0.25, -0.2) is 0 Å². The summed E-state index contributed by atoms with van der Waals surface area (Å²) in [5.41, 5.74) is 1.94. The molecule has 30 heavy (non-hydrogen) atoms. The normalized spacial score (nSPS) is 15.8. The van der Waals surface area contributed by atoms with Gasteiger partial charge in [0.15, 0.2) is 5.76 Å². The number of hydrogen-bond donors (Lipinski definition) is 2. The van der Waals surface area contributed by atoms with Crippen LogP contribution >= 0.6 is 15.9 Å². The fourth-order valence-corrected chi connectivity index (χ4v) is 3.50.